The molecule has 1 aromatic carbocycles. The lowest BCUT2D eigenvalue weighted by Crippen LogP contribution is -2.14. The van der Waals surface area contributed by atoms with Crippen LogP contribution < -0.4 is 5.32 Å². The summed E-state index contributed by atoms with van der Waals surface area (Å²) in [7, 11) is 0. The van der Waals surface area contributed by atoms with E-state index in [1.165, 1.54) is 24.8 Å². The van der Waals surface area contributed by atoms with E-state index < -0.39 is 0 Å². The molecule has 15 heavy (non-hydrogen) atoms. The minimum absolute atomic E-state index is 0.989. The second-order valence-corrected chi connectivity index (χ2v) is 4.24. The molecule has 1 N–H and O–H groups in total. The minimum Gasteiger partial charge on any atom is -0.313 e. The topological polar surface area (TPSA) is 12.0 Å². The van der Waals surface area contributed by atoms with E-state index in [-0.39, 0.29) is 0 Å². The molecule has 0 aliphatic carbocycles. The molecular formula is C13H18IN. The monoisotopic (exact) mass is 315 g/mol. The molecule has 0 aliphatic heterocycles. The fraction of sp³-hybridized carbons (Fsp3) is 0.385. The van der Waals surface area contributed by atoms with E-state index >= 15 is 0 Å². The van der Waals surface area contributed by atoms with Crippen molar-refractivity contribution in [3.05, 3.63) is 46.1 Å². The van der Waals surface area contributed by atoms with Crippen LogP contribution in [0.2, 0.25) is 0 Å². The number of allylic oxidation sites excluding steroid dienone is 1. The minimum atomic E-state index is 0.989. The van der Waals surface area contributed by atoms with E-state index in [0.717, 1.165) is 13.1 Å². The summed E-state index contributed by atoms with van der Waals surface area (Å²) in [4.78, 5) is 0. The van der Waals surface area contributed by atoms with Crippen molar-refractivity contribution in [3.8, 4) is 0 Å². The summed E-state index contributed by atoms with van der Waals surface area (Å²) in [5.41, 5.74) is 1.37. The average molecular weight is 315 g/mol. The highest BCUT2D eigenvalue weighted by Gasteiger charge is 1.90. The van der Waals surface area contributed by atoms with E-state index in [2.05, 4.69) is 68.4 Å². The number of benzene rings is 1. The third kappa shape index (κ3) is 6.68. The van der Waals surface area contributed by atoms with Crippen molar-refractivity contribution in [1.29, 1.82) is 0 Å². The van der Waals surface area contributed by atoms with Gasteiger partial charge in [0.15, 0.2) is 0 Å². The first-order valence-electron chi connectivity index (χ1n) is 5.43. The fourth-order valence-corrected chi connectivity index (χ4v) is 1.76. The van der Waals surface area contributed by atoms with Gasteiger partial charge in [0.05, 0.1) is 0 Å². The summed E-state index contributed by atoms with van der Waals surface area (Å²) >= 11 is 2.27. The first-order chi connectivity index (χ1) is 7.43. The van der Waals surface area contributed by atoms with Gasteiger partial charge in [-0.05, 0) is 35.5 Å². The van der Waals surface area contributed by atoms with Crippen molar-refractivity contribution in [1.82, 2.24) is 5.32 Å². The molecule has 82 valence electrons. The second-order valence-electron chi connectivity index (χ2n) is 3.52. The van der Waals surface area contributed by atoms with Gasteiger partial charge in [-0.15, -0.1) is 0 Å². The summed E-state index contributed by atoms with van der Waals surface area (Å²) in [5, 5.41) is 3.45. The molecule has 0 aliphatic rings. The van der Waals surface area contributed by atoms with Crippen LogP contribution >= 0.6 is 22.6 Å². The predicted molar refractivity (Wildman–Crippen MR) is 75.2 cm³/mol. The van der Waals surface area contributed by atoms with Gasteiger partial charge in [-0.1, -0.05) is 59.0 Å². The highest BCUT2D eigenvalue weighted by Crippen LogP contribution is 1.99. The lowest BCUT2D eigenvalue weighted by Gasteiger charge is -2.03. The number of nitrogens with one attached hydrogen (secondary N) is 1. The maximum absolute atomic E-state index is 3.45. The molecule has 0 spiro atoms. The molecule has 0 radical (unpaired) electrons. The smallest absolute Gasteiger partial charge is 0.0205 e. The Morgan fingerprint density at radius 1 is 1.13 bits per heavy atom. The Balaban J connectivity index is 1.98. The lowest BCUT2D eigenvalue weighted by atomic mass is 10.2. The molecule has 0 heterocycles. The van der Waals surface area contributed by atoms with Crippen molar-refractivity contribution in [2.24, 2.45) is 0 Å². The molecule has 0 amide bonds. The standard InChI is InChI=1S/C13H18IN/c14-10-6-1-2-7-11-15-12-13-8-4-3-5-9-13/h3-6,8-10,15H,1-2,7,11-12H2/b10-6+. The van der Waals surface area contributed by atoms with Crippen molar-refractivity contribution in [2.75, 3.05) is 6.54 Å². The highest BCUT2D eigenvalue weighted by molar-refractivity contribution is 14.1. The Kier molecular flexibility index (Phi) is 7.56. The Bertz CT molecular complexity index is 269. The van der Waals surface area contributed by atoms with E-state index in [1.54, 1.807) is 0 Å². The van der Waals surface area contributed by atoms with Gasteiger partial charge in [0.1, 0.15) is 0 Å². The summed E-state index contributed by atoms with van der Waals surface area (Å²) in [6.07, 6.45) is 5.96. The molecule has 0 bridgehead atoms. The molecule has 0 aromatic heterocycles. The molecule has 0 fully saturated rings. The normalized spacial score (nSPS) is 11.0. The van der Waals surface area contributed by atoms with Gasteiger partial charge < -0.3 is 5.32 Å². The molecule has 2 heteroatoms. The Hall–Kier alpha value is -0.350. The van der Waals surface area contributed by atoms with Crippen LogP contribution in [-0.4, -0.2) is 6.54 Å². The van der Waals surface area contributed by atoms with Gasteiger partial charge in [0, 0.05) is 6.54 Å². The van der Waals surface area contributed by atoms with Crippen LogP contribution in [0.15, 0.2) is 40.5 Å². The maximum Gasteiger partial charge on any atom is 0.0205 e. The molecule has 1 rings (SSSR count). The van der Waals surface area contributed by atoms with Crippen LogP contribution in [0.3, 0.4) is 0 Å². The third-order valence-corrected chi connectivity index (χ3v) is 2.74. The quantitative estimate of drug-likeness (QED) is 0.594. The van der Waals surface area contributed by atoms with Gasteiger partial charge in [-0.25, -0.2) is 0 Å². The number of rotatable bonds is 7. The van der Waals surface area contributed by atoms with Crippen molar-refractivity contribution < 1.29 is 0 Å². The van der Waals surface area contributed by atoms with E-state index in [0.29, 0.717) is 0 Å². The van der Waals surface area contributed by atoms with Crippen LogP contribution in [0.1, 0.15) is 24.8 Å². The molecular weight excluding hydrogens is 297 g/mol. The Labute approximate surface area is 106 Å². The maximum atomic E-state index is 3.45. The third-order valence-electron chi connectivity index (χ3n) is 2.24. The molecule has 0 saturated carbocycles. The van der Waals surface area contributed by atoms with Gasteiger partial charge in [-0.2, -0.15) is 0 Å². The van der Waals surface area contributed by atoms with Gasteiger partial charge >= 0.3 is 0 Å². The second kappa shape index (κ2) is 8.92. The van der Waals surface area contributed by atoms with Crippen molar-refractivity contribution in [3.63, 3.8) is 0 Å². The molecule has 0 saturated heterocycles. The molecule has 0 unspecified atom stereocenters. The van der Waals surface area contributed by atoms with Crippen LogP contribution in [0.5, 0.6) is 0 Å². The zero-order valence-corrected chi connectivity index (χ0v) is 11.1. The number of hydrogen-bond acceptors (Lipinski definition) is 1. The summed E-state index contributed by atoms with van der Waals surface area (Å²) in [5.74, 6) is 0. The predicted octanol–water partition coefficient (Wildman–Crippen LogP) is 3.90. The lowest BCUT2D eigenvalue weighted by molar-refractivity contribution is 0.627. The van der Waals surface area contributed by atoms with E-state index in [1.807, 2.05) is 0 Å². The summed E-state index contributed by atoms with van der Waals surface area (Å²) < 4.78 is 2.09. The number of hydrogen-bond donors (Lipinski definition) is 1. The Morgan fingerprint density at radius 3 is 2.67 bits per heavy atom. The van der Waals surface area contributed by atoms with Crippen LogP contribution in [0, 0.1) is 0 Å². The molecule has 1 nitrogen and oxygen atoms in total. The number of unbranched alkanes of at least 4 members (excludes halogenated alkanes) is 2. The highest BCUT2D eigenvalue weighted by atomic mass is 127. The zero-order valence-electron chi connectivity index (χ0n) is 8.95. The first kappa shape index (κ1) is 12.7. The van der Waals surface area contributed by atoms with Crippen molar-refractivity contribution in [2.45, 2.75) is 25.8 Å². The fourth-order valence-electron chi connectivity index (χ4n) is 1.40. The first-order valence-corrected chi connectivity index (χ1v) is 6.68. The van der Waals surface area contributed by atoms with Crippen LogP contribution in [0.4, 0.5) is 0 Å². The SMILES string of the molecule is I/C=C/CCCCNCc1ccccc1. The van der Waals surface area contributed by atoms with Crippen LogP contribution in [-0.2, 0) is 6.54 Å². The van der Waals surface area contributed by atoms with Crippen LogP contribution in [0.25, 0.3) is 0 Å². The average Bonchev–Trinajstić information content (AvgIpc) is 2.29. The van der Waals surface area contributed by atoms with Gasteiger partial charge in [-0.3, -0.25) is 0 Å². The van der Waals surface area contributed by atoms with E-state index in [9.17, 15) is 0 Å². The van der Waals surface area contributed by atoms with Gasteiger partial charge in [0.25, 0.3) is 0 Å². The summed E-state index contributed by atoms with van der Waals surface area (Å²) in [6, 6.07) is 10.5. The van der Waals surface area contributed by atoms with Crippen molar-refractivity contribution >= 4 is 22.6 Å². The van der Waals surface area contributed by atoms with E-state index in [4.69, 9.17) is 0 Å². The summed E-state index contributed by atoms with van der Waals surface area (Å²) in [6.45, 7) is 2.10. The molecule has 0 atom stereocenters. The molecule has 1 aromatic rings. The Morgan fingerprint density at radius 2 is 1.93 bits per heavy atom. The zero-order chi connectivity index (χ0) is 10.8. The number of halogens is 1. The van der Waals surface area contributed by atoms with Gasteiger partial charge in [0.2, 0.25) is 0 Å². The largest absolute Gasteiger partial charge is 0.313 e.